The lowest BCUT2D eigenvalue weighted by Crippen LogP contribution is -2.13. The molecule has 3 aromatic rings. The van der Waals surface area contributed by atoms with Crippen molar-refractivity contribution in [3.05, 3.63) is 99.5 Å². The smallest absolute Gasteiger partial charge is 0.343 e. The van der Waals surface area contributed by atoms with Crippen molar-refractivity contribution in [2.45, 2.75) is 0 Å². The number of carbonyl (C=O) groups is 2. The minimum Gasteiger partial charge on any atom is -0.423 e. The topological polar surface area (TPSA) is 79.2 Å². The van der Waals surface area contributed by atoms with Crippen molar-refractivity contribution in [2.24, 2.45) is 0 Å². The number of esters is 1. The fourth-order valence-corrected chi connectivity index (χ4v) is 3.04. The number of amides is 1. The largest absolute Gasteiger partial charge is 0.423 e. The first-order valence-electron chi connectivity index (χ1n) is 8.71. The van der Waals surface area contributed by atoms with E-state index in [0.29, 0.717) is 32.6 Å². The summed E-state index contributed by atoms with van der Waals surface area (Å²) in [7, 11) is 0. The average molecular weight is 437 g/mol. The molecule has 7 heteroatoms. The zero-order valence-electron chi connectivity index (χ0n) is 15.4. The van der Waals surface area contributed by atoms with Crippen LogP contribution in [0, 0.1) is 11.3 Å². The van der Waals surface area contributed by atoms with E-state index in [1.54, 1.807) is 48.5 Å². The van der Waals surface area contributed by atoms with Crippen LogP contribution in [0.3, 0.4) is 0 Å². The first-order chi connectivity index (χ1) is 14.4. The standard InChI is InChI=1S/C23H14Cl2N2O3/c24-18-11-19(25)13-20(12-18)27-22(28)17(14-26)10-15-6-8-21(9-7-15)30-23(29)16-4-2-1-3-5-16/h1-13H,(H,27,28)/b17-10-. The molecule has 148 valence electrons. The van der Waals surface area contributed by atoms with E-state index in [0.717, 1.165) is 0 Å². The molecule has 0 saturated carbocycles. The molecule has 0 aromatic heterocycles. The number of hydrogen-bond donors (Lipinski definition) is 1. The minimum atomic E-state index is -0.601. The van der Waals surface area contributed by atoms with Crippen molar-refractivity contribution in [1.82, 2.24) is 0 Å². The summed E-state index contributed by atoms with van der Waals surface area (Å²) in [6.45, 7) is 0. The number of anilines is 1. The Hall–Kier alpha value is -3.59. The molecule has 0 fully saturated rings. The van der Waals surface area contributed by atoms with Crippen LogP contribution >= 0.6 is 23.2 Å². The van der Waals surface area contributed by atoms with Crippen LogP contribution in [-0.4, -0.2) is 11.9 Å². The van der Waals surface area contributed by atoms with Gasteiger partial charge >= 0.3 is 5.97 Å². The molecule has 0 atom stereocenters. The third-order valence-corrected chi connectivity index (χ3v) is 4.33. The highest BCUT2D eigenvalue weighted by atomic mass is 35.5. The van der Waals surface area contributed by atoms with Crippen molar-refractivity contribution in [1.29, 1.82) is 5.26 Å². The van der Waals surface area contributed by atoms with Gasteiger partial charge in [0.25, 0.3) is 5.91 Å². The fourth-order valence-electron chi connectivity index (χ4n) is 2.51. The van der Waals surface area contributed by atoms with Gasteiger partial charge in [-0.2, -0.15) is 5.26 Å². The molecular formula is C23H14Cl2N2O3. The Bertz CT molecular complexity index is 1130. The number of rotatable bonds is 5. The van der Waals surface area contributed by atoms with Crippen LogP contribution in [0.25, 0.3) is 6.08 Å². The number of nitriles is 1. The number of ether oxygens (including phenoxy) is 1. The molecule has 3 aromatic carbocycles. The summed E-state index contributed by atoms with van der Waals surface area (Å²) in [5.41, 5.74) is 1.29. The summed E-state index contributed by atoms with van der Waals surface area (Å²) >= 11 is 11.8. The average Bonchev–Trinajstić information content (AvgIpc) is 2.73. The van der Waals surface area contributed by atoms with E-state index in [9.17, 15) is 14.9 Å². The van der Waals surface area contributed by atoms with Gasteiger partial charge in [-0.15, -0.1) is 0 Å². The lowest BCUT2D eigenvalue weighted by atomic mass is 10.1. The SMILES string of the molecule is N#C/C(=C/c1ccc(OC(=O)c2ccccc2)cc1)C(=O)Nc1cc(Cl)cc(Cl)c1. The maximum Gasteiger partial charge on any atom is 0.343 e. The van der Waals surface area contributed by atoms with Crippen molar-refractivity contribution >= 4 is 46.8 Å². The second kappa shape index (κ2) is 9.75. The third-order valence-electron chi connectivity index (χ3n) is 3.90. The lowest BCUT2D eigenvalue weighted by Gasteiger charge is -2.06. The zero-order valence-corrected chi connectivity index (χ0v) is 16.9. The highest BCUT2D eigenvalue weighted by Crippen LogP contribution is 2.23. The maximum absolute atomic E-state index is 12.4. The van der Waals surface area contributed by atoms with Gasteiger partial charge in [-0.1, -0.05) is 53.5 Å². The highest BCUT2D eigenvalue weighted by molar-refractivity contribution is 6.35. The second-order valence-corrected chi connectivity index (χ2v) is 6.98. The molecule has 0 saturated heterocycles. The first-order valence-corrected chi connectivity index (χ1v) is 9.47. The van der Waals surface area contributed by atoms with Gasteiger partial charge in [-0.25, -0.2) is 4.79 Å². The molecule has 0 aliphatic rings. The Morgan fingerprint density at radius 3 is 2.17 bits per heavy atom. The van der Waals surface area contributed by atoms with E-state index in [2.05, 4.69) is 5.32 Å². The van der Waals surface area contributed by atoms with E-state index in [-0.39, 0.29) is 5.57 Å². The Morgan fingerprint density at radius 1 is 0.933 bits per heavy atom. The first kappa shape index (κ1) is 21.1. The summed E-state index contributed by atoms with van der Waals surface area (Å²) in [5.74, 6) is -0.732. The second-order valence-electron chi connectivity index (χ2n) is 6.11. The Labute approximate surface area is 183 Å². The van der Waals surface area contributed by atoms with Gasteiger partial charge in [0.15, 0.2) is 0 Å². The molecule has 0 bridgehead atoms. The predicted molar refractivity (Wildman–Crippen MR) is 117 cm³/mol. The molecule has 30 heavy (non-hydrogen) atoms. The molecule has 1 N–H and O–H groups in total. The molecule has 0 spiro atoms. The monoisotopic (exact) mass is 436 g/mol. The van der Waals surface area contributed by atoms with Crippen LogP contribution in [0.2, 0.25) is 10.0 Å². The highest BCUT2D eigenvalue weighted by Gasteiger charge is 2.11. The van der Waals surface area contributed by atoms with Crippen LogP contribution in [0.15, 0.2) is 78.4 Å². The lowest BCUT2D eigenvalue weighted by molar-refractivity contribution is -0.112. The molecule has 0 radical (unpaired) electrons. The number of hydrogen-bond acceptors (Lipinski definition) is 4. The molecule has 0 aliphatic heterocycles. The molecular weight excluding hydrogens is 423 g/mol. The number of carbonyl (C=O) groups excluding carboxylic acids is 2. The Morgan fingerprint density at radius 2 is 1.57 bits per heavy atom. The molecule has 0 aliphatic carbocycles. The predicted octanol–water partition coefficient (Wildman–Crippen LogP) is 5.76. The number of nitrogens with one attached hydrogen (secondary N) is 1. The molecule has 1 amide bonds. The minimum absolute atomic E-state index is 0.111. The van der Waals surface area contributed by atoms with Crippen LogP contribution in [-0.2, 0) is 4.79 Å². The van der Waals surface area contributed by atoms with Crippen molar-refractivity contribution in [3.8, 4) is 11.8 Å². The molecule has 0 heterocycles. The van der Waals surface area contributed by atoms with E-state index in [4.69, 9.17) is 27.9 Å². The van der Waals surface area contributed by atoms with Crippen molar-refractivity contribution < 1.29 is 14.3 Å². The maximum atomic E-state index is 12.4. The number of nitrogens with zero attached hydrogens (tertiary/aromatic N) is 1. The van der Waals surface area contributed by atoms with E-state index >= 15 is 0 Å². The van der Waals surface area contributed by atoms with Gasteiger partial charge in [0.05, 0.1) is 5.56 Å². The van der Waals surface area contributed by atoms with E-state index < -0.39 is 11.9 Å². The number of benzene rings is 3. The zero-order chi connectivity index (χ0) is 21.5. The van der Waals surface area contributed by atoms with Crippen LogP contribution in [0.4, 0.5) is 5.69 Å². The van der Waals surface area contributed by atoms with E-state index in [1.807, 2.05) is 12.1 Å². The fraction of sp³-hybridized carbons (Fsp3) is 0. The molecule has 0 unspecified atom stereocenters. The van der Waals surface area contributed by atoms with Crippen molar-refractivity contribution in [2.75, 3.05) is 5.32 Å². The summed E-state index contributed by atoms with van der Waals surface area (Å²) in [6.07, 6.45) is 1.42. The Kier molecular flexibility index (Phi) is 6.87. The quantitative estimate of drug-likeness (QED) is 0.238. The van der Waals surface area contributed by atoms with Gasteiger partial charge in [0, 0.05) is 15.7 Å². The van der Waals surface area contributed by atoms with Crippen LogP contribution in [0.1, 0.15) is 15.9 Å². The van der Waals surface area contributed by atoms with Crippen LogP contribution in [0.5, 0.6) is 5.75 Å². The van der Waals surface area contributed by atoms with Gasteiger partial charge in [-0.05, 0) is 54.1 Å². The van der Waals surface area contributed by atoms with Gasteiger partial charge in [-0.3, -0.25) is 4.79 Å². The van der Waals surface area contributed by atoms with Crippen LogP contribution < -0.4 is 10.1 Å². The van der Waals surface area contributed by atoms with Gasteiger partial charge in [0.2, 0.25) is 0 Å². The third kappa shape index (κ3) is 5.71. The summed E-state index contributed by atoms with van der Waals surface area (Å²) in [4.78, 5) is 24.5. The van der Waals surface area contributed by atoms with E-state index in [1.165, 1.54) is 24.3 Å². The molecule has 5 nitrogen and oxygen atoms in total. The Balaban J connectivity index is 1.70. The normalized spacial score (nSPS) is 10.8. The number of halogens is 2. The summed E-state index contributed by atoms with van der Waals surface area (Å²) in [5, 5.41) is 12.7. The summed E-state index contributed by atoms with van der Waals surface area (Å²) < 4.78 is 5.31. The van der Waals surface area contributed by atoms with Gasteiger partial charge in [0.1, 0.15) is 17.4 Å². The summed E-state index contributed by atoms with van der Waals surface area (Å²) in [6, 6.07) is 21.5. The molecule has 3 rings (SSSR count). The van der Waals surface area contributed by atoms with Gasteiger partial charge < -0.3 is 10.1 Å². The van der Waals surface area contributed by atoms with Crippen molar-refractivity contribution in [3.63, 3.8) is 0 Å².